The molecule has 2 fully saturated rings. The monoisotopic (exact) mass is 382 g/mol. The average molecular weight is 383 g/mol. The number of carbonyl (C=O) groups excluding carboxylic acids is 2. The molecule has 28 heavy (non-hydrogen) atoms. The first kappa shape index (κ1) is 19.2. The molecule has 0 N–H and O–H groups in total. The Balaban J connectivity index is 1.35. The quantitative estimate of drug-likeness (QED) is 0.788. The van der Waals surface area contributed by atoms with Crippen LogP contribution in [0.5, 0.6) is 0 Å². The summed E-state index contributed by atoms with van der Waals surface area (Å²) in [7, 11) is 0. The summed E-state index contributed by atoms with van der Waals surface area (Å²) in [6.45, 7) is 9.61. The van der Waals surface area contributed by atoms with Crippen molar-refractivity contribution < 1.29 is 9.59 Å². The van der Waals surface area contributed by atoms with E-state index in [1.807, 2.05) is 37.8 Å². The van der Waals surface area contributed by atoms with E-state index in [-0.39, 0.29) is 17.4 Å². The summed E-state index contributed by atoms with van der Waals surface area (Å²) in [5.41, 5.74) is 0.890. The largest absolute Gasteiger partial charge is 0.368 e. The van der Waals surface area contributed by atoms with Crippen molar-refractivity contribution in [1.82, 2.24) is 9.80 Å². The molecule has 1 aromatic rings. The normalized spacial score (nSPS) is 25.8. The Hall–Kier alpha value is -2.08. The molecule has 6 heteroatoms. The maximum atomic E-state index is 12.5. The van der Waals surface area contributed by atoms with Crippen molar-refractivity contribution in [2.75, 3.05) is 26.2 Å². The van der Waals surface area contributed by atoms with Crippen LogP contribution >= 0.6 is 0 Å². The summed E-state index contributed by atoms with van der Waals surface area (Å²) >= 11 is 0. The second-order valence-electron chi connectivity index (χ2n) is 9.30. The lowest BCUT2D eigenvalue weighted by Crippen LogP contribution is -2.54. The molecule has 3 amide bonds. The molecule has 2 aliphatic heterocycles. The third-order valence-corrected chi connectivity index (χ3v) is 6.37. The van der Waals surface area contributed by atoms with Crippen LogP contribution in [0.4, 0.5) is 4.79 Å². The first-order chi connectivity index (χ1) is 13.3. The fourth-order valence-electron chi connectivity index (χ4n) is 4.83. The van der Waals surface area contributed by atoms with E-state index < -0.39 is 0 Å². The van der Waals surface area contributed by atoms with Crippen LogP contribution in [-0.4, -0.2) is 54.0 Å². The lowest BCUT2D eigenvalue weighted by Gasteiger charge is -2.43. The molecule has 0 unspecified atom stereocenters. The molecule has 1 saturated heterocycles. The number of nitrogens with zero attached hydrogens (tertiary/aromatic N) is 4. The van der Waals surface area contributed by atoms with Crippen LogP contribution in [0.2, 0.25) is 0 Å². The number of fused-ring (bicyclic) bond motifs is 1. The van der Waals surface area contributed by atoms with Gasteiger partial charge in [0.15, 0.2) is 0 Å². The van der Waals surface area contributed by atoms with Crippen LogP contribution in [0.1, 0.15) is 57.9 Å². The van der Waals surface area contributed by atoms with Crippen molar-refractivity contribution in [2.45, 2.75) is 58.4 Å². The number of amides is 3. The van der Waals surface area contributed by atoms with Crippen LogP contribution in [-0.2, 0) is 4.79 Å². The Morgan fingerprint density at radius 2 is 1.68 bits per heavy atom. The Kier molecular flexibility index (Phi) is 5.08. The second-order valence-corrected chi connectivity index (χ2v) is 9.30. The van der Waals surface area contributed by atoms with Gasteiger partial charge in [0, 0.05) is 37.6 Å². The molecule has 0 aromatic heterocycles. The summed E-state index contributed by atoms with van der Waals surface area (Å²) in [5.74, 6) is 0.720. The summed E-state index contributed by atoms with van der Waals surface area (Å²) < 4.78 is 0. The van der Waals surface area contributed by atoms with Gasteiger partial charge in [-0.3, -0.25) is 9.69 Å². The van der Waals surface area contributed by atoms with Gasteiger partial charge < -0.3 is 4.90 Å². The van der Waals surface area contributed by atoms with E-state index in [2.05, 4.69) is 21.0 Å². The van der Waals surface area contributed by atoms with E-state index in [4.69, 9.17) is 0 Å². The molecule has 2 heterocycles. The molecule has 0 atom stereocenters. The molecule has 1 aromatic carbocycles. The van der Waals surface area contributed by atoms with Crippen molar-refractivity contribution in [1.29, 1.82) is 0 Å². The predicted octanol–water partition coefficient (Wildman–Crippen LogP) is 2.28. The first-order valence-corrected chi connectivity index (χ1v) is 10.5. The number of carbonyl (C=O) groups is 2. The molecule has 0 radical (unpaired) electrons. The molecule has 3 aliphatic rings. The van der Waals surface area contributed by atoms with Crippen molar-refractivity contribution >= 4 is 11.9 Å². The Bertz CT molecular complexity index is 886. The van der Waals surface area contributed by atoms with E-state index in [1.165, 1.54) is 5.56 Å². The highest BCUT2D eigenvalue weighted by molar-refractivity contribution is 5.81. The molecule has 1 aliphatic carbocycles. The van der Waals surface area contributed by atoms with Crippen molar-refractivity contribution in [3.63, 3.8) is 0 Å². The molecular weight excluding hydrogens is 352 g/mol. The van der Waals surface area contributed by atoms with Gasteiger partial charge in [-0.1, -0.05) is 32.9 Å². The fraction of sp³-hybridized carbons (Fsp3) is 0.636. The van der Waals surface area contributed by atoms with Crippen LogP contribution in [0, 0.1) is 5.41 Å². The number of urea groups is 1. The number of rotatable bonds is 2. The van der Waals surface area contributed by atoms with Crippen molar-refractivity contribution in [2.24, 2.45) is 15.4 Å². The van der Waals surface area contributed by atoms with Gasteiger partial charge in [0.2, 0.25) is 5.91 Å². The number of hydrogen-bond donors (Lipinski definition) is 0. The number of benzene rings is 1. The average Bonchev–Trinajstić information content (AvgIpc) is 3.07. The van der Waals surface area contributed by atoms with E-state index in [9.17, 15) is 9.59 Å². The summed E-state index contributed by atoms with van der Waals surface area (Å²) in [5, 5.41) is 1.52. The Labute approximate surface area is 166 Å². The van der Waals surface area contributed by atoms with Crippen LogP contribution in [0.25, 0.3) is 0 Å². The summed E-state index contributed by atoms with van der Waals surface area (Å²) in [4.78, 5) is 36.8. The van der Waals surface area contributed by atoms with E-state index >= 15 is 0 Å². The van der Waals surface area contributed by atoms with Gasteiger partial charge in [0.25, 0.3) is 0 Å². The summed E-state index contributed by atoms with van der Waals surface area (Å²) in [6.07, 6.45) is 4.55. The molecule has 1 saturated carbocycles. The fourth-order valence-corrected chi connectivity index (χ4v) is 4.83. The number of para-hydroxylation sites is 1. The van der Waals surface area contributed by atoms with Crippen LogP contribution in [0.3, 0.4) is 0 Å². The van der Waals surface area contributed by atoms with Gasteiger partial charge in [-0.2, -0.15) is 9.98 Å². The number of piperazine rings is 1. The lowest BCUT2D eigenvalue weighted by molar-refractivity contribution is -0.141. The standard InChI is InChI=1S/C22H30N4O2/c1-22(2,3)20(27)26-13-11-25(12-14-26)16-9-7-15(8-10-16)17-5-4-6-18-19(17)24-21(28)23-18/h4-6,15-16H,7-14H2,1-3H3. The zero-order chi connectivity index (χ0) is 19.9. The SMILES string of the molecule is CC(C)(C)C(=O)N1CCN(C2CCC(c3cccc4c3=NC(=O)N=4)CC2)CC1. The lowest BCUT2D eigenvalue weighted by atomic mass is 9.80. The molecule has 0 bridgehead atoms. The van der Waals surface area contributed by atoms with Gasteiger partial charge in [0.05, 0.1) is 10.7 Å². The molecule has 4 rings (SSSR count). The second kappa shape index (κ2) is 7.39. The molecular formula is C22H30N4O2. The van der Waals surface area contributed by atoms with Gasteiger partial charge in [-0.05, 0) is 43.2 Å². The van der Waals surface area contributed by atoms with Gasteiger partial charge in [0.1, 0.15) is 0 Å². The highest BCUT2D eigenvalue weighted by atomic mass is 16.2. The summed E-state index contributed by atoms with van der Waals surface area (Å²) in [6, 6.07) is 6.20. The van der Waals surface area contributed by atoms with Gasteiger partial charge in [-0.15, -0.1) is 0 Å². The van der Waals surface area contributed by atoms with Crippen molar-refractivity contribution in [3.8, 4) is 0 Å². The van der Waals surface area contributed by atoms with Crippen molar-refractivity contribution in [3.05, 3.63) is 34.5 Å². The Morgan fingerprint density at radius 3 is 2.32 bits per heavy atom. The maximum Gasteiger partial charge on any atom is 0.368 e. The van der Waals surface area contributed by atoms with E-state index in [0.717, 1.165) is 62.6 Å². The molecule has 0 spiro atoms. The van der Waals surface area contributed by atoms with E-state index in [0.29, 0.717) is 12.0 Å². The van der Waals surface area contributed by atoms with Crippen LogP contribution < -0.4 is 10.7 Å². The predicted molar refractivity (Wildman–Crippen MR) is 107 cm³/mol. The zero-order valence-electron chi connectivity index (χ0n) is 17.1. The highest BCUT2D eigenvalue weighted by Crippen LogP contribution is 2.34. The minimum Gasteiger partial charge on any atom is -0.340 e. The first-order valence-electron chi connectivity index (χ1n) is 10.5. The van der Waals surface area contributed by atoms with Crippen LogP contribution in [0.15, 0.2) is 28.2 Å². The smallest absolute Gasteiger partial charge is 0.340 e. The highest BCUT2D eigenvalue weighted by Gasteiger charge is 2.33. The molecule has 150 valence electrons. The minimum absolute atomic E-state index is 0.262. The zero-order valence-corrected chi connectivity index (χ0v) is 17.1. The topological polar surface area (TPSA) is 65.3 Å². The molecule has 6 nitrogen and oxygen atoms in total. The maximum absolute atomic E-state index is 12.5. The van der Waals surface area contributed by atoms with Gasteiger partial charge in [-0.25, -0.2) is 4.79 Å². The third-order valence-electron chi connectivity index (χ3n) is 6.37. The van der Waals surface area contributed by atoms with E-state index in [1.54, 1.807) is 0 Å². The third kappa shape index (κ3) is 3.75. The minimum atomic E-state index is -0.376. The van der Waals surface area contributed by atoms with Gasteiger partial charge >= 0.3 is 6.03 Å². The number of hydrogen-bond acceptors (Lipinski definition) is 3. The Morgan fingerprint density at radius 1 is 1.00 bits per heavy atom.